The molecule has 0 bridgehead atoms. The lowest BCUT2D eigenvalue weighted by atomic mass is 9.72. The molecule has 0 atom stereocenters. The van der Waals surface area contributed by atoms with Crippen LogP contribution in [0.3, 0.4) is 0 Å². The Bertz CT molecular complexity index is 1280. The Kier molecular flexibility index (Phi) is 8.28. The molecular formula is C27H40ClN5O4Si. The number of fused-ring (bicyclic) bond motifs is 1. The number of pyridine rings is 2. The number of aromatic nitrogens is 4. The largest absolute Gasteiger partial charge is 0.480 e. The van der Waals surface area contributed by atoms with E-state index < -0.39 is 13.7 Å². The van der Waals surface area contributed by atoms with Crippen molar-refractivity contribution in [1.82, 2.24) is 19.5 Å². The summed E-state index contributed by atoms with van der Waals surface area (Å²) in [6, 6.07) is 7.15. The van der Waals surface area contributed by atoms with Gasteiger partial charge in [0, 0.05) is 28.8 Å². The van der Waals surface area contributed by atoms with E-state index in [1.807, 2.05) is 55.6 Å². The molecule has 1 saturated carbocycles. The SMILES string of the molecule is COc1nc(N(C)C)ccc1-c1nc2nc(OC3CC(C(C)(C)O)C3)n(COCC[Si](C)(C)C)c2cc1Cl. The Morgan fingerprint density at radius 2 is 1.87 bits per heavy atom. The Balaban J connectivity index is 1.67. The molecule has 208 valence electrons. The van der Waals surface area contributed by atoms with Crippen LogP contribution >= 0.6 is 11.6 Å². The second-order valence-electron chi connectivity index (χ2n) is 12.0. The van der Waals surface area contributed by atoms with Crippen LogP contribution in [0.1, 0.15) is 26.7 Å². The van der Waals surface area contributed by atoms with Gasteiger partial charge in [-0.05, 0) is 56.9 Å². The molecule has 0 amide bonds. The summed E-state index contributed by atoms with van der Waals surface area (Å²) >= 11 is 6.78. The maximum absolute atomic E-state index is 10.3. The van der Waals surface area contributed by atoms with Crippen LogP contribution in [0, 0.1) is 5.92 Å². The van der Waals surface area contributed by atoms with Gasteiger partial charge in [0.2, 0.25) is 5.88 Å². The Labute approximate surface area is 231 Å². The van der Waals surface area contributed by atoms with E-state index in [0.717, 1.165) is 30.2 Å². The van der Waals surface area contributed by atoms with E-state index >= 15 is 0 Å². The molecule has 0 saturated heterocycles. The van der Waals surface area contributed by atoms with Gasteiger partial charge in [0.05, 0.1) is 34.5 Å². The van der Waals surface area contributed by atoms with Crippen LogP contribution < -0.4 is 14.4 Å². The highest BCUT2D eigenvalue weighted by Gasteiger charge is 2.40. The molecule has 11 heteroatoms. The van der Waals surface area contributed by atoms with Crippen LogP contribution in [-0.2, 0) is 11.5 Å². The number of methoxy groups -OCH3 is 1. The summed E-state index contributed by atoms with van der Waals surface area (Å²) in [4.78, 5) is 16.0. The van der Waals surface area contributed by atoms with Crippen molar-refractivity contribution in [3.63, 3.8) is 0 Å². The average Bonchev–Trinajstić information content (AvgIpc) is 3.12. The number of imidazole rings is 1. The van der Waals surface area contributed by atoms with Crippen molar-refractivity contribution in [1.29, 1.82) is 0 Å². The number of halogens is 1. The normalized spacial score (nSPS) is 17.9. The summed E-state index contributed by atoms with van der Waals surface area (Å²) in [5, 5.41) is 10.8. The second kappa shape index (κ2) is 11.0. The zero-order chi connectivity index (χ0) is 27.8. The zero-order valence-corrected chi connectivity index (χ0v) is 25.5. The summed E-state index contributed by atoms with van der Waals surface area (Å²) < 4.78 is 19.8. The highest BCUT2D eigenvalue weighted by Crippen LogP contribution is 2.40. The van der Waals surface area contributed by atoms with Crippen LogP contribution in [-0.4, -0.2) is 72.2 Å². The van der Waals surface area contributed by atoms with Crippen molar-refractivity contribution < 1.29 is 19.3 Å². The fraction of sp³-hybridized carbons (Fsp3) is 0.593. The quantitative estimate of drug-likeness (QED) is 0.243. The van der Waals surface area contributed by atoms with E-state index in [2.05, 4.69) is 24.6 Å². The molecule has 3 aromatic heterocycles. The molecule has 9 nitrogen and oxygen atoms in total. The number of rotatable bonds is 11. The van der Waals surface area contributed by atoms with Crippen molar-refractivity contribution in [3.05, 3.63) is 23.2 Å². The van der Waals surface area contributed by atoms with Gasteiger partial charge in [0.1, 0.15) is 18.7 Å². The van der Waals surface area contributed by atoms with Crippen LogP contribution in [0.25, 0.3) is 22.4 Å². The van der Waals surface area contributed by atoms with Crippen molar-refractivity contribution in [3.8, 4) is 23.1 Å². The van der Waals surface area contributed by atoms with Gasteiger partial charge in [-0.15, -0.1) is 0 Å². The molecule has 1 aliphatic rings. The maximum atomic E-state index is 10.3. The van der Waals surface area contributed by atoms with Crippen molar-refractivity contribution in [2.45, 2.75) is 70.8 Å². The van der Waals surface area contributed by atoms with Crippen LogP contribution in [0.15, 0.2) is 18.2 Å². The van der Waals surface area contributed by atoms with Crippen LogP contribution in [0.4, 0.5) is 5.82 Å². The molecule has 0 unspecified atom stereocenters. The van der Waals surface area contributed by atoms with Gasteiger partial charge >= 0.3 is 6.01 Å². The predicted molar refractivity (Wildman–Crippen MR) is 154 cm³/mol. The van der Waals surface area contributed by atoms with Crippen LogP contribution in [0.2, 0.25) is 30.7 Å². The smallest absolute Gasteiger partial charge is 0.301 e. The van der Waals surface area contributed by atoms with Crippen molar-refractivity contribution >= 4 is 36.7 Å². The molecule has 38 heavy (non-hydrogen) atoms. The molecule has 0 aliphatic heterocycles. The lowest BCUT2D eigenvalue weighted by Crippen LogP contribution is -2.45. The van der Waals surface area contributed by atoms with Crippen molar-refractivity contribution in [2.24, 2.45) is 5.92 Å². The number of anilines is 1. The van der Waals surface area contributed by atoms with Gasteiger partial charge in [0.25, 0.3) is 0 Å². The molecule has 1 fully saturated rings. The first-order chi connectivity index (χ1) is 17.8. The van der Waals surface area contributed by atoms with Crippen LogP contribution in [0.5, 0.6) is 11.9 Å². The molecule has 1 N–H and O–H groups in total. The first-order valence-electron chi connectivity index (χ1n) is 13.0. The van der Waals surface area contributed by atoms with Gasteiger partial charge in [0.15, 0.2) is 5.65 Å². The number of ether oxygens (including phenoxy) is 3. The minimum atomic E-state index is -1.23. The fourth-order valence-corrected chi connectivity index (χ4v) is 5.35. The molecule has 0 radical (unpaired) electrons. The van der Waals surface area contributed by atoms with Gasteiger partial charge < -0.3 is 24.2 Å². The lowest BCUT2D eigenvalue weighted by molar-refractivity contribution is -0.0713. The fourth-order valence-electron chi connectivity index (χ4n) is 4.35. The highest BCUT2D eigenvalue weighted by atomic mass is 35.5. The molecular weight excluding hydrogens is 522 g/mol. The summed E-state index contributed by atoms with van der Waals surface area (Å²) in [6.45, 7) is 11.6. The third-order valence-electron chi connectivity index (χ3n) is 6.99. The van der Waals surface area contributed by atoms with Gasteiger partial charge in [-0.25, -0.2) is 4.98 Å². The molecule has 0 spiro atoms. The predicted octanol–water partition coefficient (Wildman–Crippen LogP) is 5.46. The Morgan fingerprint density at radius 3 is 2.47 bits per heavy atom. The first kappa shape index (κ1) is 28.6. The van der Waals surface area contributed by atoms with E-state index in [1.165, 1.54) is 0 Å². The zero-order valence-electron chi connectivity index (χ0n) is 23.7. The molecule has 0 aromatic carbocycles. The van der Waals surface area contributed by atoms with E-state index in [-0.39, 0.29) is 18.8 Å². The number of aliphatic hydroxyl groups is 1. The third-order valence-corrected chi connectivity index (χ3v) is 8.99. The number of hydrogen-bond acceptors (Lipinski definition) is 8. The van der Waals surface area contributed by atoms with Gasteiger partial charge in [-0.3, -0.25) is 4.57 Å². The summed E-state index contributed by atoms with van der Waals surface area (Å²) in [6.07, 6.45) is 1.51. The molecule has 3 aromatic rings. The van der Waals surface area contributed by atoms with Crippen molar-refractivity contribution in [2.75, 3.05) is 32.7 Å². The molecule has 1 aliphatic carbocycles. The van der Waals surface area contributed by atoms with Gasteiger partial charge in [-0.1, -0.05) is 31.2 Å². The summed E-state index contributed by atoms with van der Waals surface area (Å²) in [7, 11) is 4.19. The molecule has 4 rings (SSSR count). The van der Waals surface area contributed by atoms with E-state index in [0.29, 0.717) is 40.4 Å². The number of nitrogens with zero attached hydrogens (tertiary/aromatic N) is 5. The summed E-state index contributed by atoms with van der Waals surface area (Å²) in [5.74, 6) is 1.40. The third kappa shape index (κ3) is 6.42. The summed E-state index contributed by atoms with van der Waals surface area (Å²) in [5.41, 5.74) is 1.73. The second-order valence-corrected chi connectivity index (χ2v) is 18.0. The standard InChI is InChI=1S/C27H40ClN5O4Si/c1-27(2,34)17-13-18(14-17)37-26-31-24-21(33(26)16-36-11-12-38(6,7)8)15-20(28)23(30-24)19-9-10-22(32(3)4)29-25(19)35-5/h9-10,15,17-18,34H,11-14,16H2,1-8H3. The monoisotopic (exact) mass is 561 g/mol. The average molecular weight is 562 g/mol. The molecule has 3 heterocycles. The minimum absolute atomic E-state index is 0.0261. The van der Waals surface area contributed by atoms with E-state index in [1.54, 1.807) is 7.11 Å². The first-order valence-corrected chi connectivity index (χ1v) is 17.1. The minimum Gasteiger partial charge on any atom is -0.480 e. The Hall–Kier alpha value is -2.40. The number of hydrogen-bond donors (Lipinski definition) is 1. The van der Waals surface area contributed by atoms with E-state index in [4.69, 9.17) is 35.8 Å². The Morgan fingerprint density at radius 1 is 1.16 bits per heavy atom. The van der Waals surface area contributed by atoms with Gasteiger partial charge in [-0.2, -0.15) is 9.97 Å². The lowest BCUT2D eigenvalue weighted by Gasteiger charge is -2.41. The highest BCUT2D eigenvalue weighted by molar-refractivity contribution is 6.76. The van der Waals surface area contributed by atoms with E-state index in [9.17, 15) is 5.11 Å². The maximum Gasteiger partial charge on any atom is 0.301 e. The topological polar surface area (TPSA) is 94.8 Å².